The zero-order chi connectivity index (χ0) is 16.6. The van der Waals surface area contributed by atoms with Crippen LogP contribution in [0.25, 0.3) is 11.0 Å². The summed E-state index contributed by atoms with van der Waals surface area (Å²) in [5.74, 6) is 0.167. The highest BCUT2D eigenvalue weighted by Crippen LogP contribution is 2.17. The molecule has 3 aromatic rings. The predicted octanol–water partition coefficient (Wildman–Crippen LogP) is 0.604. The summed E-state index contributed by atoms with van der Waals surface area (Å²) < 4.78 is 0. The van der Waals surface area contributed by atoms with E-state index in [0.29, 0.717) is 11.0 Å². The van der Waals surface area contributed by atoms with Gasteiger partial charge in [-0.1, -0.05) is 11.8 Å². The van der Waals surface area contributed by atoms with Crippen LogP contribution >= 0.6 is 11.8 Å². The monoisotopic (exact) mass is 331 g/mol. The van der Waals surface area contributed by atoms with Crippen LogP contribution in [0.15, 0.2) is 31.5 Å². The molecule has 0 aliphatic carbocycles. The molecule has 2 aromatic heterocycles. The van der Waals surface area contributed by atoms with E-state index < -0.39 is 11.2 Å². The van der Waals surface area contributed by atoms with Gasteiger partial charge < -0.3 is 4.98 Å². The minimum Gasteiger partial charge on any atom is -0.319 e. The van der Waals surface area contributed by atoms with Crippen LogP contribution in [-0.2, 0) is 5.75 Å². The molecule has 0 saturated carbocycles. The molecule has 1 aromatic carbocycles. The van der Waals surface area contributed by atoms with Crippen LogP contribution in [0.3, 0.4) is 0 Å². The number of fused-ring (bicyclic) bond motifs is 1. The maximum absolute atomic E-state index is 12.1. The second-order valence-corrected chi connectivity index (χ2v) is 6.03. The lowest BCUT2D eigenvalue weighted by molar-refractivity contribution is 0.806. The minimum atomic E-state index is -0.674. The maximum Gasteiger partial charge on any atom is 0.342 e. The van der Waals surface area contributed by atoms with Gasteiger partial charge in [0.2, 0.25) is 0 Å². The van der Waals surface area contributed by atoms with Gasteiger partial charge >= 0.3 is 5.69 Å². The molecule has 0 unspecified atom stereocenters. The molecule has 9 heteroatoms. The van der Waals surface area contributed by atoms with E-state index in [1.807, 2.05) is 26.0 Å². The first kappa shape index (κ1) is 15.2. The molecule has 3 rings (SSSR count). The highest BCUT2D eigenvalue weighted by Gasteiger charge is 2.10. The Morgan fingerprint density at radius 3 is 2.52 bits per heavy atom. The summed E-state index contributed by atoms with van der Waals surface area (Å²) in [6.07, 6.45) is 0. The molecule has 118 valence electrons. The molecule has 0 fully saturated rings. The quantitative estimate of drug-likeness (QED) is 0.604. The summed E-state index contributed by atoms with van der Waals surface area (Å²) in [4.78, 5) is 43.8. The highest BCUT2D eigenvalue weighted by atomic mass is 32.2. The molecular formula is C14H13N5O3S. The molecule has 0 radical (unpaired) electrons. The fourth-order valence-corrected chi connectivity index (χ4v) is 2.81. The molecule has 0 aliphatic rings. The number of nitrogens with one attached hydrogen (secondary N) is 3. The molecule has 23 heavy (non-hydrogen) atoms. The molecule has 8 nitrogen and oxygen atoms in total. The Morgan fingerprint density at radius 2 is 1.78 bits per heavy atom. The van der Waals surface area contributed by atoms with Crippen molar-refractivity contribution >= 4 is 22.8 Å². The van der Waals surface area contributed by atoms with E-state index in [1.165, 1.54) is 0 Å². The summed E-state index contributed by atoms with van der Waals surface area (Å²) in [6, 6.07) is 3.78. The summed E-state index contributed by atoms with van der Waals surface area (Å²) in [6.45, 7) is 3.94. The van der Waals surface area contributed by atoms with Gasteiger partial charge in [0.1, 0.15) is 5.69 Å². The number of benzene rings is 1. The SMILES string of the molecule is Cc1cc2nc(CSc3n[nH]c(=O)[nH]c3=O)c(=O)[nH]c2cc1C. The van der Waals surface area contributed by atoms with Gasteiger partial charge in [-0.15, -0.1) is 0 Å². The number of aromatic amines is 3. The third-order valence-corrected chi connectivity index (χ3v) is 4.37. The van der Waals surface area contributed by atoms with Gasteiger partial charge in [-0.3, -0.25) is 14.6 Å². The lowest BCUT2D eigenvalue weighted by Gasteiger charge is -2.05. The van der Waals surface area contributed by atoms with E-state index in [2.05, 4.69) is 25.1 Å². The first-order valence-electron chi connectivity index (χ1n) is 6.76. The Hall–Kier alpha value is -2.68. The Balaban J connectivity index is 1.95. The molecule has 0 atom stereocenters. The zero-order valence-electron chi connectivity index (χ0n) is 12.4. The minimum absolute atomic E-state index is 0.0750. The highest BCUT2D eigenvalue weighted by molar-refractivity contribution is 7.98. The van der Waals surface area contributed by atoms with Crippen LogP contribution in [0, 0.1) is 13.8 Å². The number of thioether (sulfide) groups is 1. The topological polar surface area (TPSA) is 124 Å². The van der Waals surface area contributed by atoms with Gasteiger partial charge in [0.25, 0.3) is 11.1 Å². The van der Waals surface area contributed by atoms with Gasteiger partial charge in [-0.2, -0.15) is 5.10 Å². The Morgan fingerprint density at radius 1 is 1.04 bits per heavy atom. The van der Waals surface area contributed by atoms with Crippen molar-refractivity contribution in [1.29, 1.82) is 0 Å². The fraction of sp³-hybridized carbons (Fsp3) is 0.214. The number of rotatable bonds is 3. The van der Waals surface area contributed by atoms with Crippen LogP contribution in [0.1, 0.15) is 16.8 Å². The number of H-pyrrole nitrogens is 3. The molecule has 0 aliphatic heterocycles. The van der Waals surface area contributed by atoms with Crippen molar-refractivity contribution in [2.75, 3.05) is 0 Å². The maximum atomic E-state index is 12.1. The summed E-state index contributed by atoms with van der Waals surface area (Å²) >= 11 is 1.03. The lowest BCUT2D eigenvalue weighted by atomic mass is 10.1. The van der Waals surface area contributed by atoms with E-state index in [-0.39, 0.29) is 22.0 Å². The Kier molecular flexibility index (Phi) is 3.87. The van der Waals surface area contributed by atoms with Gasteiger partial charge in [-0.25, -0.2) is 14.9 Å². The first-order chi connectivity index (χ1) is 10.9. The largest absolute Gasteiger partial charge is 0.342 e. The van der Waals surface area contributed by atoms with Crippen molar-refractivity contribution in [2.24, 2.45) is 0 Å². The number of hydrogen-bond donors (Lipinski definition) is 3. The molecule has 0 bridgehead atoms. The normalized spacial score (nSPS) is 11.0. The van der Waals surface area contributed by atoms with E-state index >= 15 is 0 Å². The van der Waals surface area contributed by atoms with Gasteiger partial charge in [0.15, 0.2) is 5.03 Å². The average Bonchev–Trinajstić information content (AvgIpc) is 2.48. The van der Waals surface area contributed by atoms with E-state index in [9.17, 15) is 14.4 Å². The smallest absolute Gasteiger partial charge is 0.319 e. The predicted molar refractivity (Wildman–Crippen MR) is 86.9 cm³/mol. The van der Waals surface area contributed by atoms with Crippen molar-refractivity contribution in [1.82, 2.24) is 25.1 Å². The lowest BCUT2D eigenvalue weighted by Crippen LogP contribution is -2.25. The summed E-state index contributed by atoms with van der Waals surface area (Å²) in [5, 5.41) is 5.87. The Labute approximate surface area is 133 Å². The van der Waals surface area contributed by atoms with Crippen LogP contribution in [0.5, 0.6) is 0 Å². The third-order valence-electron chi connectivity index (χ3n) is 3.40. The molecular weight excluding hydrogens is 318 g/mol. The second kappa shape index (κ2) is 5.84. The van der Waals surface area contributed by atoms with Gasteiger partial charge in [0.05, 0.1) is 11.0 Å². The third kappa shape index (κ3) is 3.09. The van der Waals surface area contributed by atoms with E-state index in [1.54, 1.807) is 0 Å². The summed E-state index contributed by atoms with van der Waals surface area (Å²) in [7, 11) is 0. The molecule has 3 N–H and O–H groups in total. The molecule has 2 heterocycles. The van der Waals surface area contributed by atoms with Crippen molar-refractivity contribution in [3.63, 3.8) is 0 Å². The van der Waals surface area contributed by atoms with E-state index in [4.69, 9.17) is 0 Å². The summed E-state index contributed by atoms with van der Waals surface area (Å²) in [5.41, 5.74) is 2.22. The van der Waals surface area contributed by atoms with Crippen molar-refractivity contribution in [3.8, 4) is 0 Å². The van der Waals surface area contributed by atoms with Crippen LogP contribution < -0.4 is 16.8 Å². The number of nitrogens with zero attached hydrogens (tertiary/aromatic N) is 2. The van der Waals surface area contributed by atoms with E-state index in [0.717, 1.165) is 22.9 Å². The van der Waals surface area contributed by atoms with Crippen LogP contribution in [0.4, 0.5) is 0 Å². The number of aromatic nitrogens is 5. The van der Waals surface area contributed by atoms with Crippen LogP contribution in [0.2, 0.25) is 0 Å². The Bertz CT molecular complexity index is 1070. The molecule has 0 spiro atoms. The molecule has 0 saturated heterocycles. The van der Waals surface area contributed by atoms with Crippen molar-refractivity contribution in [2.45, 2.75) is 24.6 Å². The second-order valence-electron chi connectivity index (χ2n) is 5.07. The van der Waals surface area contributed by atoms with Gasteiger partial charge in [0, 0.05) is 5.75 Å². The first-order valence-corrected chi connectivity index (χ1v) is 7.74. The zero-order valence-corrected chi connectivity index (χ0v) is 13.2. The fourth-order valence-electron chi connectivity index (χ4n) is 2.05. The van der Waals surface area contributed by atoms with Crippen LogP contribution in [-0.4, -0.2) is 25.1 Å². The van der Waals surface area contributed by atoms with Crippen molar-refractivity contribution < 1.29 is 0 Å². The standard InChI is InChI=1S/C14H13N5O3S/c1-6-3-8-9(4-7(6)2)16-11(20)10(15-8)5-23-13-12(21)17-14(22)19-18-13/h3-4H,5H2,1-2H3,(H,16,20)(H2,17,19,21,22). The average molecular weight is 331 g/mol. The van der Waals surface area contributed by atoms with Gasteiger partial charge in [-0.05, 0) is 37.1 Å². The number of aryl methyl sites for hydroxylation is 2. The molecule has 0 amide bonds. The number of hydrogen-bond acceptors (Lipinski definition) is 6. The van der Waals surface area contributed by atoms with Crippen molar-refractivity contribution in [3.05, 3.63) is 60.1 Å².